The zero-order valence-electron chi connectivity index (χ0n) is 51.4. The van der Waals surface area contributed by atoms with E-state index in [0.29, 0.717) is 19.3 Å². The Morgan fingerprint density at radius 2 is 0.590 bits per heavy atom. The highest BCUT2D eigenvalue weighted by Crippen LogP contribution is 2.43. The first-order chi connectivity index (χ1) is 38.2. The summed E-state index contributed by atoms with van der Waals surface area (Å²) in [5.74, 6) is -1.43. The highest BCUT2D eigenvalue weighted by molar-refractivity contribution is 7.47. The van der Waals surface area contributed by atoms with Gasteiger partial charge in [-0.3, -0.25) is 23.4 Å². The average molecular weight is 1130 g/mol. The summed E-state index contributed by atoms with van der Waals surface area (Å²) in [6.07, 6.45) is 63.0. The van der Waals surface area contributed by atoms with E-state index >= 15 is 0 Å². The van der Waals surface area contributed by atoms with Gasteiger partial charge < -0.3 is 24.2 Å². The van der Waals surface area contributed by atoms with Gasteiger partial charge in [-0.15, -0.1) is 0 Å². The minimum atomic E-state index is -4.75. The normalized spacial score (nSPS) is 13.2. The van der Waals surface area contributed by atoms with Crippen LogP contribution in [0.1, 0.15) is 355 Å². The van der Waals surface area contributed by atoms with Gasteiger partial charge >= 0.3 is 25.7 Å². The van der Waals surface area contributed by atoms with E-state index in [1.54, 1.807) is 0 Å². The Labute approximate surface area is 481 Å². The van der Waals surface area contributed by atoms with E-state index in [9.17, 15) is 28.9 Å². The summed E-state index contributed by atoms with van der Waals surface area (Å²) >= 11 is 0. The fraction of sp³-hybridized carbons (Fsp3) is 0.924. The molecule has 0 amide bonds. The SMILES string of the molecule is CCCCCCCC/C=C\CCCCCCCC(=O)OC(CO)COP(=O)(O)OCC(COC(=O)CCCCCCCCCCCCCCCCCCCCC)OC(=O)CCCCCCCCCCCCCCCCCCC. The van der Waals surface area contributed by atoms with Crippen LogP contribution in [-0.2, 0) is 42.2 Å². The molecule has 0 radical (unpaired) electrons. The van der Waals surface area contributed by atoms with Crippen molar-refractivity contribution in [1.82, 2.24) is 0 Å². The molecule has 0 fully saturated rings. The number of unbranched alkanes of at least 4 members (excludes halogenated alkanes) is 45. The monoisotopic (exact) mass is 1130 g/mol. The third kappa shape index (κ3) is 58.9. The van der Waals surface area contributed by atoms with Crippen molar-refractivity contribution in [2.75, 3.05) is 26.4 Å². The summed E-state index contributed by atoms with van der Waals surface area (Å²) in [7, 11) is -4.75. The quantitative estimate of drug-likeness (QED) is 0.0197. The highest BCUT2D eigenvalue weighted by atomic mass is 31.2. The lowest BCUT2D eigenvalue weighted by Gasteiger charge is -2.21. The molecule has 0 aliphatic carbocycles. The second kappa shape index (κ2) is 61.3. The lowest BCUT2D eigenvalue weighted by Crippen LogP contribution is -2.30. The lowest BCUT2D eigenvalue weighted by molar-refractivity contribution is -0.161. The molecule has 0 aromatic heterocycles. The van der Waals surface area contributed by atoms with E-state index < -0.39 is 57.8 Å². The summed E-state index contributed by atoms with van der Waals surface area (Å²) in [5.41, 5.74) is 0. The van der Waals surface area contributed by atoms with Gasteiger partial charge in [0.1, 0.15) is 12.7 Å². The zero-order chi connectivity index (χ0) is 56.9. The Balaban J connectivity index is 4.63. The van der Waals surface area contributed by atoms with Gasteiger partial charge in [-0.2, -0.15) is 0 Å². The summed E-state index contributed by atoms with van der Waals surface area (Å²) in [4.78, 5) is 48.8. The molecule has 462 valence electrons. The lowest BCUT2D eigenvalue weighted by atomic mass is 10.0. The van der Waals surface area contributed by atoms with E-state index in [1.807, 2.05) is 0 Å². The first-order valence-electron chi connectivity index (χ1n) is 33.6. The second-order valence-corrected chi connectivity index (χ2v) is 24.5. The standard InChI is InChI=1S/C66H127O11P/c1-4-7-10-13-16-19-22-25-28-30-31-33-35-37-40-43-46-49-52-55-64(68)73-59-63(77-66(70)57-54-51-48-45-42-39-36-32-29-26-23-20-17-14-11-8-5-2)61-75-78(71,72)74-60-62(58-67)76-65(69)56-53-50-47-44-41-38-34-27-24-21-18-15-12-9-6-3/h27,34,62-63,67H,4-26,28-33,35-61H2,1-3H3,(H,71,72)/b34-27-. The Kier molecular flexibility index (Phi) is 59.9. The Morgan fingerprint density at radius 3 is 0.885 bits per heavy atom. The van der Waals surface area contributed by atoms with E-state index in [2.05, 4.69) is 32.9 Å². The Bertz CT molecular complexity index is 1360. The van der Waals surface area contributed by atoms with Crippen LogP contribution in [-0.4, -0.2) is 66.5 Å². The van der Waals surface area contributed by atoms with E-state index in [1.165, 1.54) is 218 Å². The first kappa shape index (κ1) is 76.2. The van der Waals surface area contributed by atoms with Crippen molar-refractivity contribution in [2.45, 2.75) is 367 Å². The van der Waals surface area contributed by atoms with Crippen molar-refractivity contribution in [1.29, 1.82) is 0 Å². The number of hydrogen-bond acceptors (Lipinski definition) is 10. The number of phosphoric acid groups is 1. The van der Waals surface area contributed by atoms with Crippen molar-refractivity contribution in [3.8, 4) is 0 Å². The van der Waals surface area contributed by atoms with Crippen LogP contribution in [0.15, 0.2) is 12.2 Å². The fourth-order valence-electron chi connectivity index (χ4n) is 10.1. The molecule has 78 heavy (non-hydrogen) atoms. The number of aliphatic hydroxyl groups is 1. The maximum Gasteiger partial charge on any atom is 0.472 e. The minimum Gasteiger partial charge on any atom is -0.462 e. The molecule has 0 aliphatic heterocycles. The van der Waals surface area contributed by atoms with Crippen LogP contribution in [0.5, 0.6) is 0 Å². The molecule has 0 aromatic carbocycles. The zero-order valence-corrected chi connectivity index (χ0v) is 52.3. The van der Waals surface area contributed by atoms with Gasteiger partial charge in [0.05, 0.1) is 19.8 Å². The molecule has 2 N–H and O–H groups in total. The van der Waals surface area contributed by atoms with Crippen LogP contribution in [0.25, 0.3) is 0 Å². The molecule has 3 atom stereocenters. The topological polar surface area (TPSA) is 155 Å². The number of carbonyl (C=O) groups is 3. The molecule has 0 saturated carbocycles. The molecular weight excluding hydrogens is 1000 g/mol. The summed E-state index contributed by atoms with van der Waals surface area (Å²) < 4.78 is 39.7. The number of hydrogen-bond donors (Lipinski definition) is 2. The van der Waals surface area contributed by atoms with Gasteiger partial charge in [-0.25, -0.2) is 4.57 Å². The maximum absolute atomic E-state index is 13.0. The number of carbonyl (C=O) groups excluding carboxylic acids is 3. The fourth-order valence-corrected chi connectivity index (χ4v) is 10.8. The van der Waals surface area contributed by atoms with Gasteiger partial charge in [0, 0.05) is 19.3 Å². The smallest absolute Gasteiger partial charge is 0.462 e. The average Bonchev–Trinajstić information content (AvgIpc) is 3.43. The van der Waals surface area contributed by atoms with Crippen molar-refractivity contribution in [2.24, 2.45) is 0 Å². The first-order valence-corrected chi connectivity index (χ1v) is 35.1. The van der Waals surface area contributed by atoms with E-state index in [0.717, 1.165) is 77.0 Å². The summed E-state index contributed by atoms with van der Waals surface area (Å²) in [6, 6.07) is 0. The predicted octanol–water partition coefficient (Wildman–Crippen LogP) is 20.4. The molecule has 0 bridgehead atoms. The van der Waals surface area contributed by atoms with Crippen molar-refractivity contribution < 1.29 is 52.2 Å². The molecule has 0 rings (SSSR count). The Morgan fingerprint density at radius 1 is 0.346 bits per heavy atom. The molecule has 3 unspecified atom stereocenters. The molecule has 0 aromatic rings. The number of esters is 3. The number of rotatable bonds is 64. The van der Waals surface area contributed by atoms with E-state index in [4.69, 9.17) is 23.3 Å². The van der Waals surface area contributed by atoms with Gasteiger partial charge in [0.25, 0.3) is 0 Å². The third-order valence-corrected chi connectivity index (χ3v) is 16.1. The van der Waals surface area contributed by atoms with Crippen LogP contribution >= 0.6 is 7.82 Å². The number of aliphatic hydroxyl groups excluding tert-OH is 1. The van der Waals surface area contributed by atoms with Crippen LogP contribution in [0.3, 0.4) is 0 Å². The maximum atomic E-state index is 13.0. The molecule has 0 saturated heterocycles. The molecule has 11 nitrogen and oxygen atoms in total. The van der Waals surface area contributed by atoms with Crippen LogP contribution in [0.2, 0.25) is 0 Å². The Hall–Kier alpha value is -1.78. The van der Waals surface area contributed by atoms with Crippen molar-refractivity contribution in [3.63, 3.8) is 0 Å². The predicted molar refractivity (Wildman–Crippen MR) is 326 cm³/mol. The molecular formula is C66H127O11P. The minimum absolute atomic E-state index is 0.173. The van der Waals surface area contributed by atoms with Gasteiger partial charge in [-0.05, 0) is 44.9 Å². The van der Waals surface area contributed by atoms with E-state index in [-0.39, 0.29) is 25.9 Å². The van der Waals surface area contributed by atoms with Crippen molar-refractivity contribution in [3.05, 3.63) is 12.2 Å². The molecule has 12 heteroatoms. The van der Waals surface area contributed by atoms with Crippen LogP contribution in [0, 0.1) is 0 Å². The van der Waals surface area contributed by atoms with Gasteiger partial charge in [0.2, 0.25) is 0 Å². The highest BCUT2D eigenvalue weighted by Gasteiger charge is 2.28. The van der Waals surface area contributed by atoms with Gasteiger partial charge in [-0.1, -0.05) is 303 Å². The summed E-state index contributed by atoms with van der Waals surface area (Å²) in [6.45, 7) is 4.73. The molecule has 0 aliphatic rings. The third-order valence-electron chi connectivity index (χ3n) is 15.2. The molecule has 0 heterocycles. The largest absolute Gasteiger partial charge is 0.472 e. The number of allylic oxidation sites excluding steroid dienone is 2. The summed E-state index contributed by atoms with van der Waals surface area (Å²) in [5, 5.41) is 9.85. The van der Waals surface area contributed by atoms with Gasteiger partial charge in [0.15, 0.2) is 6.10 Å². The number of ether oxygens (including phenoxy) is 3. The van der Waals surface area contributed by atoms with Crippen LogP contribution < -0.4 is 0 Å². The molecule has 0 spiro atoms. The van der Waals surface area contributed by atoms with Crippen molar-refractivity contribution >= 4 is 25.7 Å². The van der Waals surface area contributed by atoms with Crippen LogP contribution in [0.4, 0.5) is 0 Å². The second-order valence-electron chi connectivity index (χ2n) is 23.0. The number of phosphoric ester groups is 1.